The molecule has 12 heteroatoms. The van der Waals surface area contributed by atoms with E-state index in [9.17, 15) is 29.4 Å². The van der Waals surface area contributed by atoms with Crippen LogP contribution >= 0.6 is 23.5 Å². The number of unbranched alkanes of at least 4 members (excludes halogenated alkanes) is 8. The Bertz CT molecular complexity index is 1210. The van der Waals surface area contributed by atoms with Crippen LogP contribution in [0.3, 0.4) is 0 Å². The van der Waals surface area contributed by atoms with Gasteiger partial charge in [0.2, 0.25) is 11.8 Å². The molecule has 2 rings (SSSR count). The van der Waals surface area contributed by atoms with Crippen LogP contribution in [0.15, 0.2) is 24.3 Å². The molecule has 10 nitrogen and oxygen atoms in total. The number of aliphatic hydroxyl groups is 2. The Hall–Kier alpha value is -2.02. The molecule has 0 aliphatic carbocycles. The lowest BCUT2D eigenvalue weighted by Crippen LogP contribution is -2.34. The normalized spacial score (nSPS) is 17.3. The average Bonchev–Trinajstić information content (AvgIpc) is 3.76. The highest BCUT2D eigenvalue weighted by atomic mass is 32.2. The molecular formula is C48H86N2O8S2. The molecule has 0 aromatic heterocycles. The Balaban J connectivity index is 0.000000601. The smallest absolute Gasteiger partial charge is 0.305 e. The fourth-order valence-electron chi connectivity index (χ4n) is 7.79. The first kappa shape index (κ1) is 56.0. The van der Waals surface area contributed by atoms with Gasteiger partial charge in [0.1, 0.15) is 0 Å². The van der Waals surface area contributed by atoms with Gasteiger partial charge in [-0.05, 0) is 69.8 Å². The third-order valence-corrected chi connectivity index (χ3v) is 13.6. The van der Waals surface area contributed by atoms with Gasteiger partial charge in [-0.3, -0.25) is 19.2 Å². The summed E-state index contributed by atoms with van der Waals surface area (Å²) >= 11 is 3.49. The van der Waals surface area contributed by atoms with E-state index in [1.54, 1.807) is 23.5 Å². The van der Waals surface area contributed by atoms with E-state index in [0.717, 1.165) is 152 Å². The van der Waals surface area contributed by atoms with E-state index in [0.29, 0.717) is 38.8 Å². The van der Waals surface area contributed by atoms with Gasteiger partial charge in [0.25, 0.3) is 0 Å². The highest BCUT2D eigenvalue weighted by Crippen LogP contribution is 2.29. The van der Waals surface area contributed by atoms with Crippen molar-refractivity contribution < 1.29 is 39.2 Å². The fourth-order valence-corrected chi connectivity index (χ4v) is 9.54. The minimum absolute atomic E-state index is 0.0750. The number of amides is 2. The summed E-state index contributed by atoms with van der Waals surface area (Å²) < 4.78 is 4.94. The number of nitrogens with zero attached hydrogens (tertiary/aromatic N) is 2. The van der Waals surface area contributed by atoms with Crippen molar-refractivity contribution >= 4 is 47.3 Å². The molecule has 0 bridgehead atoms. The fraction of sp³-hybridized carbons (Fsp3) is 0.833. The zero-order valence-electron chi connectivity index (χ0n) is 38.5. The molecule has 0 saturated carbocycles. The van der Waals surface area contributed by atoms with Gasteiger partial charge < -0.3 is 29.9 Å². The lowest BCUT2D eigenvalue weighted by atomic mass is 9.89. The van der Waals surface area contributed by atoms with Gasteiger partial charge in [-0.2, -0.15) is 23.5 Å². The lowest BCUT2D eigenvalue weighted by Gasteiger charge is -2.27. The van der Waals surface area contributed by atoms with E-state index in [-0.39, 0.29) is 36.3 Å². The third-order valence-electron chi connectivity index (χ3n) is 11.5. The maximum Gasteiger partial charge on any atom is 0.305 e. The van der Waals surface area contributed by atoms with Crippen molar-refractivity contribution in [3.05, 3.63) is 24.3 Å². The number of aliphatic carboxylic acids is 1. The Morgan fingerprint density at radius 1 is 0.617 bits per heavy atom. The monoisotopic (exact) mass is 883 g/mol. The van der Waals surface area contributed by atoms with Gasteiger partial charge in [-0.15, -0.1) is 0 Å². The minimum atomic E-state index is -0.757. The lowest BCUT2D eigenvalue weighted by molar-refractivity contribution is -0.143. The molecule has 0 spiro atoms. The highest BCUT2D eigenvalue weighted by molar-refractivity contribution is 7.99. The van der Waals surface area contributed by atoms with Crippen molar-refractivity contribution in [3.8, 4) is 0 Å². The second kappa shape index (κ2) is 34.5. The quantitative estimate of drug-likeness (QED) is 0.0320. The van der Waals surface area contributed by atoms with Crippen LogP contribution < -0.4 is 0 Å². The minimum Gasteiger partial charge on any atom is -0.481 e. The number of carboxylic acid groups (broad SMARTS) is 1. The maximum atomic E-state index is 12.4. The first-order valence-corrected chi connectivity index (χ1v) is 26.1. The predicted molar refractivity (Wildman–Crippen MR) is 252 cm³/mol. The van der Waals surface area contributed by atoms with Crippen LogP contribution in [-0.4, -0.2) is 115 Å². The molecule has 2 fully saturated rings. The Morgan fingerprint density at radius 3 is 1.35 bits per heavy atom. The number of thioether (sulfide) groups is 2. The maximum absolute atomic E-state index is 12.4. The largest absolute Gasteiger partial charge is 0.481 e. The molecule has 2 aliphatic heterocycles. The Labute approximate surface area is 373 Å². The summed E-state index contributed by atoms with van der Waals surface area (Å²) in [6.07, 6.45) is 29.6. The van der Waals surface area contributed by atoms with E-state index >= 15 is 0 Å². The molecule has 3 N–H and O–H groups in total. The molecule has 0 unspecified atom stereocenters. The van der Waals surface area contributed by atoms with Gasteiger partial charge >= 0.3 is 11.9 Å². The number of hydrogen-bond acceptors (Lipinski definition) is 9. The molecule has 0 aromatic rings. The highest BCUT2D eigenvalue weighted by Gasteiger charge is 2.32. The molecular weight excluding hydrogens is 797 g/mol. The summed E-state index contributed by atoms with van der Waals surface area (Å²) in [5.74, 6) is 2.92. The number of carboxylic acids is 1. The number of rotatable bonds is 35. The molecule has 60 heavy (non-hydrogen) atoms. The standard InChI is InChI=1S/C25H45NO4S.C23H41NO4S/c1-4-7-9-16-25(29,17-10-8-5-2)18-15-22-13-14-23(27)26(22)19-21-31-20-11-12-24(28)30-6-3;1-3-5-7-14-23(28,15-8-6-4-2)16-13-20-11-12-21(25)24(20)17-19-29-18-9-10-22(26)27/h15,18,22,29H,4-14,16-17,19-21H2,1-3H3;13,16,20,28H,3-12,14-15,17-19H2,1-2H3,(H,26,27)/b18-15+;16-13+/t22-;20-/m11/s1. The number of likely N-dealkylation sites (tertiary alicyclic amines) is 2. The molecule has 2 heterocycles. The Morgan fingerprint density at radius 2 is 1.00 bits per heavy atom. The predicted octanol–water partition coefficient (Wildman–Crippen LogP) is 10.5. The van der Waals surface area contributed by atoms with E-state index in [2.05, 4.69) is 39.8 Å². The topological polar surface area (TPSA) is 145 Å². The molecule has 0 radical (unpaired) electrons. The number of carbonyl (C=O) groups excluding carboxylic acids is 3. The van der Waals surface area contributed by atoms with Crippen LogP contribution in [0.2, 0.25) is 0 Å². The molecule has 0 aromatic carbocycles. The van der Waals surface area contributed by atoms with Gasteiger partial charge in [-0.1, -0.05) is 129 Å². The molecule has 2 saturated heterocycles. The second-order valence-electron chi connectivity index (χ2n) is 16.8. The number of hydrogen-bond donors (Lipinski definition) is 3. The third kappa shape index (κ3) is 25.8. The van der Waals surface area contributed by atoms with Crippen LogP contribution in [0.4, 0.5) is 0 Å². The van der Waals surface area contributed by atoms with E-state index < -0.39 is 17.2 Å². The zero-order valence-corrected chi connectivity index (χ0v) is 40.1. The summed E-state index contributed by atoms with van der Waals surface area (Å²) in [5.41, 5.74) is -1.50. The molecule has 2 amide bonds. The molecule has 2 atom stereocenters. The summed E-state index contributed by atoms with van der Waals surface area (Å²) in [6.45, 7) is 12.4. The number of esters is 1. The van der Waals surface area contributed by atoms with Gasteiger partial charge in [0, 0.05) is 50.3 Å². The van der Waals surface area contributed by atoms with Crippen LogP contribution in [0.5, 0.6) is 0 Å². The van der Waals surface area contributed by atoms with Crippen molar-refractivity contribution in [2.45, 2.75) is 212 Å². The van der Waals surface area contributed by atoms with Crippen molar-refractivity contribution in [2.75, 3.05) is 42.7 Å². The number of ether oxygens (including phenoxy) is 1. The molecule has 348 valence electrons. The first-order chi connectivity index (χ1) is 28.9. The van der Waals surface area contributed by atoms with E-state index in [1.807, 2.05) is 28.9 Å². The first-order valence-electron chi connectivity index (χ1n) is 23.8. The van der Waals surface area contributed by atoms with Gasteiger partial charge in [0.05, 0.1) is 29.9 Å². The van der Waals surface area contributed by atoms with Crippen molar-refractivity contribution in [2.24, 2.45) is 0 Å². The second-order valence-corrected chi connectivity index (χ2v) is 19.2. The molecule has 2 aliphatic rings. The summed E-state index contributed by atoms with van der Waals surface area (Å²) in [6, 6.07) is 0.169. The van der Waals surface area contributed by atoms with Crippen LogP contribution in [0.25, 0.3) is 0 Å². The zero-order chi connectivity index (χ0) is 44.5. The van der Waals surface area contributed by atoms with Crippen molar-refractivity contribution in [1.29, 1.82) is 0 Å². The van der Waals surface area contributed by atoms with Crippen LogP contribution in [0.1, 0.15) is 189 Å². The average molecular weight is 883 g/mol. The SMILES string of the molecule is CCCCCC(O)(/C=C/[C@H]1CCC(=O)N1CCSCCCC(=O)O)CCCCC.CCCCCC(O)(/C=C/[C@H]1CCC(=O)N1CCSCCCC(=O)OCC)CCCCC. The number of carbonyl (C=O) groups is 4. The summed E-state index contributed by atoms with van der Waals surface area (Å²) in [5, 5.41) is 31.0. The summed E-state index contributed by atoms with van der Waals surface area (Å²) in [7, 11) is 0. The van der Waals surface area contributed by atoms with Gasteiger partial charge in [-0.25, -0.2) is 0 Å². The van der Waals surface area contributed by atoms with Crippen LogP contribution in [-0.2, 0) is 23.9 Å². The summed E-state index contributed by atoms with van der Waals surface area (Å²) in [4.78, 5) is 50.5. The van der Waals surface area contributed by atoms with E-state index in [1.165, 1.54) is 0 Å². The van der Waals surface area contributed by atoms with Crippen molar-refractivity contribution in [3.63, 3.8) is 0 Å². The van der Waals surface area contributed by atoms with Gasteiger partial charge in [0.15, 0.2) is 0 Å². The van der Waals surface area contributed by atoms with Crippen LogP contribution in [0, 0.1) is 0 Å². The Kier molecular flexibility index (Phi) is 32.2. The van der Waals surface area contributed by atoms with E-state index in [4.69, 9.17) is 9.84 Å². The van der Waals surface area contributed by atoms with Crippen molar-refractivity contribution in [1.82, 2.24) is 9.80 Å².